The zero-order valence-corrected chi connectivity index (χ0v) is 19.3. The van der Waals surface area contributed by atoms with E-state index in [9.17, 15) is 14.4 Å². The lowest BCUT2D eigenvalue weighted by atomic mass is 9.94. The highest BCUT2D eigenvalue weighted by molar-refractivity contribution is 6.00. The molecule has 33 heavy (non-hydrogen) atoms. The van der Waals surface area contributed by atoms with Crippen LogP contribution in [0.5, 0.6) is 5.75 Å². The maximum atomic E-state index is 13.3. The van der Waals surface area contributed by atoms with Gasteiger partial charge in [-0.15, -0.1) is 0 Å². The molecule has 4 rings (SSSR count). The standard InChI is InChI=1S/C24H33N3O6/c1-3-25-22(28)13-17-5-6-19-21(33-17)14-32-20-7-4-16(12-18(20)24(30)27(19)2)26-23(29)15-8-10-31-11-9-15/h4,7,12,15,17,19,21H,3,5-6,8-11,13-14H2,1-2H3,(H,25,28)(H,26,29)/t17-,19+,21-/m1/s1. The van der Waals surface area contributed by atoms with Crippen LogP contribution in [0.4, 0.5) is 5.69 Å². The average molecular weight is 460 g/mol. The van der Waals surface area contributed by atoms with Crippen LogP contribution in [0.15, 0.2) is 18.2 Å². The van der Waals surface area contributed by atoms with Gasteiger partial charge in [0, 0.05) is 38.4 Å². The van der Waals surface area contributed by atoms with Crippen LogP contribution in [0, 0.1) is 5.92 Å². The Hall–Kier alpha value is -2.65. The largest absolute Gasteiger partial charge is 0.490 e. The van der Waals surface area contributed by atoms with E-state index in [-0.39, 0.29) is 48.5 Å². The number of anilines is 1. The number of carbonyl (C=O) groups excluding carboxylic acids is 3. The number of hydrogen-bond acceptors (Lipinski definition) is 6. The lowest BCUT2D eigenvalue weighted by Gasteiger charge is -2.42. The van der Waals surface area contributed by atoms with Crippen molar-refractivity contribution in [2.45, 2.75) is 57.3 Å². The molecular weight excluding hydrogens is 426 g/mol. The fraction of sp³-hybridized carbons (Fsp3) is 0.625. The molecule has 3 heterocycles. The predicted molar refractivity (Wildman–Crippen MR) is 121 cm³/mol. The van der Waals surface area contributed by atoms with Crippen LogP contribution in [-0.2, 0) is 19.1 Å². The minimum absolute atomic E-state index is 0.0298. The minimum atomic E-state index is -0.312. The van der Waals surface area contributed by atoms with E-state index in [1.54, 1.807) is 30.1 Å². The molecule has 0 spiro atoms. The molecule has 9 nitrogen and oxygen atoms in total. The quantitative estimate of drug-likeness (QED) is 0.697. The Bertz CT molecular complexity index is 885. The Morgan fingerprint density at radius 3 is 2.70 bits per heavy atom. The highest BCUT2D eigenvalue weighted by Gasteiger charge is 2.39. The van der Waals surface area contributed by atoms with Gasteiger partial charge in [0.15, 0.2) is 0 Å². The van der Waals surface area contributed by atoms with E-state index in [4.69, 9.17) is 14.2 Å². The molecular formula is C24H33N3O6. The van der Waals surface area contributed by atoms with Crippen molar-refractivity contribution in [1.82, 2.24) is 10.2 Å². The van der Waals surface area contributed by atoms with Crippen molar-refractivity contribution in [3.8, 4) is 5.75 Å². The fourth-order valence-corrected chi connectivity index (χ4v) is 4.79. The van der Waals surface area contributed by atoms with Crippen molar-refractivity contribution >= 4 is 23.4 Å². The summed E-state index contributed by atoms with van der Waals surface area (Å²) in [5, 5.41) is 5.75. The SMILES string of the molecule is CCNC(=O)C[C@H]1CC[C@H]2[C@@H](COc3ccc(NC(=O)C4CCOCC4)cc3C(=O)N2C)O1. The van der Waals surface area contributed by atoms with Gasteiger partial charge in [0.05, 0.1) is 24.1 Å². The third-order valence-electron chi connectivity index (χ3n) is 6.66. The van der Waals surface area contributed by atoms with E-state index in [0.717, 1.165) is 6.42 Å². The number of amides is 3. The molecule has 0 bridgehead atoms. The molecule has 2 fully saturated rings. The van der Waals surface area contributed by atoms with E-state index in [2.05, 4.69) is 10.6 Å². The first-order valence-electron chi connectivity index (χ1n) is 11.8. The molecule has 0 aliphatic carbocycles. The van der Waals surface area contributed by atoms with Crippen molar-refractivity contribution in [2.75, 3.05) is 38.7 Å². The number of ether oxygens (including phenoxy) is 3. The van der Waals surface area contributed by atoms with Crippen LogP contribution in [0.2, 0.25) is 0 Å². The normalized spacial score (nSPS) is 25.7. The highest BCUT2D eigenvalue weighted by atomic mass is 16.5. The van der Waals surface area contributed by atoms with Crippen LogP contribution in [0.25, 0.3) is 0 Å². The molecule has 3 amide bonds. The van der Waals surface area contributed by atoms with E-state index in [1.165, 1.54) is 0 Å². The molecule has 1 aromatic carbocycles. The van der Waals surface area contributed by atoms with Crippen LogP contribution < -0.4 is 15.4 Å². The van der Waals surface area contributed by atoms with Gasteiger partial charge in [-0.1, -0.05) is 0 Å². The van der Waals surface area contributed by atoms with Crippen molar-refractivity contribution in [3.63, 3.8) is 0 Å². The maximum Gasteiger partial charge on any atom is 0.257 e. The molecule has 2 N–H and O–H groups in total. The zero-order valence-electron chi connectivity index (χ0n) is 19.3. The molecule has 0 saturated carbocycles. The Labute approximate surface area is 194 Å². The Morgan fingerprint density at radius 1 is 1.15 bits per heavy atom. The summed E-state index contributed by atoms with van der Waals surface area (Å²) in [7, 11) is 1.77. The van der Waals surface area contributed by atoms with E-state index in [0.29, 0.717) is 62.4 Å². The van der Waals surface area contributed by atoms with Crippen LogP contribution in [-0.4, -0.2) is 74.3 Å². The number of rotatable bonds is 5. The lowest BCUT2D eigenvalue weighted by Crippen LogP contribution is -2.54. The highest BCUT2D eigenvalue weighted by Crippen LogP contribution is 2.32. The van der Waals surface area contributed by atoms with E-state index in [1.807, 2.05) is 6.92 Å². The van der Waals surface area contributed by atoms with Gasteiger partial charge in [0.2, 0.25) is 11.8 Å². The molecule has 0 unspecified atom stereocenters. The summed E-state index contributed by atoms with van der Waals surface area (Å²) in [6, 6.07) is 5.02. The second-order valence-corrected chi connectivity index (χ2v) is 8.91. The number of hydrogen-bond donors (Lipinski definition) is 2. The molecule has 1 aromatic rings. The van der Waals surface area contributed by atoms with Gasteiger partial charge >= 0.3 is 0 Å². The van der Waals surface area contributed by atoms with Gasteiger partial charge in [-0.05, 0) is 50.8 Å². The van der Waals surface area contributed by atoms with Crippen molar-refractivity contribution in [2.24, 2.45) is 5.92 Å². The minimum Gasteiger partial charge on any atom is -0.490 e. The molecule has 0 aromatic heterocycles. The third kappa shape index (κ3) is 5.47. The van der Waals surface area contributed by atoms with Gasteiger partial charge in [0.25, 0.3) is 5.91 Å². The molecule has 180 valence electrons. The number of carbonyl (C=O) groups is 3. The Balaban J connectivity index is 1.46. The number of likely N-dealkylation sites (N-methyl/N-ethyl adjacent to an activating group) is 1. The number of nitrogens with one attached hydrogen (secondary N) is 2. The second-order valence-electron chi connectivity index (χ2n) is 8.91. The summed E-state index contributed by atoms with van der Waals surface area (Å²) < 4.78 is 17.5. The van der Waals surface area contributed by atoms with Crippen molar-refractivity contribution < 1.29 is 28.6 Å². The maximum absolute atomic E-state index is 13.3. The summed E-state index contributed by atoms with van der Waals surface area (Å²) in [6.45, 7) is 3.95. The van der Waals surface area contributed by atoms with Crippen LogP contribution in [0.3, 0.4) is 0 Å². The van der Waals surface area contributed by atoms with Gasteiger partial charge < -0.3 is 29.7 Å². The van der Waals surface area contributed by atoms with Crippen LogP contribution in [0.1, 0.15) is 49.4 Å². The first kappa shape index (κ1) is 23.5. The van der Waals surface area contributed by atoms with Crippen molar-refractivity contribution in [1.29, 1.82) is 0 Å². The topological polar surface area (TPSA) is 106 Å². The van der Waals surface area contributed by atoms with Gasteiger partial charge in [-0.3, -0.25) is 14.4 Å². The third-order valence-corrected chi connectivity index (χ3v) is 6.66. The number of fused-ring (bicyclic) bond motifs is 2. The summed E-state index contributed by atoms with van der Waals surface area (Å²) in [4.78, 5) is 39.6. The summed E-state index contributed by atoms with van der Waals surface area (Å²) >= 11 is 0. The second kappa shape index (κ2) is 10.5. The molecule has 2 saturated heterocycles. The predicted octanol–water partition coefficient (Wildman–Crippen LogP) is 1.96. The number of nitrogens with zero attached hydrogens (tertiary/aromatic N) is 1. The summed E-state index contributed by atoms with van der Waals surface area (Å²) in [5.74, 6) is 0.127. The summed E-state index contributed by atoms with van der Waals surface area (Å²) in [6.07, 6.45) is 2.64. The van der Waals surface area contributed by atoms with E-state index >= 15 is 0 Å². The molecule has 3 aliphatic heterocycles. The Morgan fingerprint density at radius 2 is 1.94 bits per heavy atom. The monoisotopic (exact) mass is 459 g/mol. The van der Waals surface area contributed by atoms with Gasteiger partial charge in [-0.25, -0.2) is 0 Å². The van der Waals surface area contributed by atoms with Gasteiger partial charge in [0.1, 0.15) is 18.5 Å². The van der Waals surface area contributed by atoms with Crippen molar-refractivity contribution in [3.05, 3.63) is 23.8 Å². The number of benzene rings is 1. The fourth-order valence-electron chi connectivity index (χ4n) is 4.79. The van der Waals surface area contributed by atoms with Crippen LogP contribution >= 0.6 is 0 Å². The molecule has 3 aliphatic rings. The van der Waals surface area contributed by atoms with Gasteiger partial charge in [-0.2, -0.15) is 0 Å². The molecule has 0 radical (unpaired) electrons. The Kier molecular flexibility index (Phi) is 7.49. The van der Waals surface area contributed by atoms with E-state index < -0.39 is 0 Å². The lowest BCUT2D eigenvalue weighted by molar-refractivity contribution is -0.134. The molecule has 9 heteroatoms. The summed E-state index contributed by atoms with van der Waals surface area (Å²) in [5.41, 5.74) is 1.000. The zero-order chi connectivity index (χ0) is 23.4. The molecule has 3 atom stereocenters. The first-order chi connectivity index (χ1) is 16.0. The smallest absolute Gasteiger partial charge is 0.257 e. The first-order valence-corrected chi connectivity index (χ1v) is 11.8. The average Bonchev–Trinajstić information content (AvgIpc) is 2.82.